The summed E-state index contributed by atoms with van der Waals surface area (Å²) < 4.78 is 0. The predicted molar refractivity (Wildman–Crippen MR) is 67.7 cm³/mol. The summed E-state index contributed by atoms with van der Waals surface area (Å²) in [6, 6.07) is 8.48. The number of hydrogen-bond donors (Lipinski definition) is 1. The maximum absolute atomic E-state index is 11.5. The minimum absolute atomic E-state index is 0.624. The first-order chi connectivity index (χ1) is 8.56. The van der Waals surface area contributed by atoms with E-state index in [1.54, 1.807) is 12.1 Å². The Morgan fingerprint density at radius 3 is 2.33 bits per heavy atom. The average Bonchev–Trinajstić information content (AvgIpc) is 2.43. The normalized spacial score (nSPS) is 10.1. The van der Waals surface area contributed by atoms with Gasteiger partial charge in [0.2, 0.25) is 5.78 Å². The van der Waals surface area contributed by atoms with Crippen LogP contribution in [0.4, 0.5) is 4.79 Å². The summed E-state index contributed by atoms with van der Waals surface area (Å²) in [4.78, 5) is 34.9. The third kappa shape index (κ3) is 3.55. The Hall–Kier alpha value is -2.43. The Morgan fingerprint density at radius 1 is 1.17 bits per heavy atom. The van der Waals surface area contributed by atoms with Gasteiger partial charge in [-0.3, -0.25) is 14.5 Å². The molecule has 5 nitrogen and oxygen atoms in total. The van der Waals surface area contributed by atoms with Crippen molar-refractivity contribution in [2.75, 3.05) is 14.1 Å². The number of benzene rings is 1. The standard InChI is InChI=1S/C13H14N2O3/c1-14-13(18)15(2)12(17)11(16)9-8-10-6-4-3-5-7-10/h3-9H,1-2H3,(H,14,18)/b9-8+. The van der Waals surface area contributed by atoms with Crippen molar-refractivity contribution in [3.63, 3.8) is 0 Å². The van der Waals surface area contributed by atoms with Crippen LogP contribution in [0.25, 0.3) is 6.08 Å². The molecule has 0 aromatic heterocycles. The summed E-state index contributed by atoms with van der Waals surface area (Å²) in [7, 11) is 2.63. The number of urea groups is 1. The van der Waals surface area contributed by atoms with Crippen molar-refractivity contribution < 1.29 is 14.4 Å². The van der Waals surface area contributed by atoms with Gasteiger partial charge in [0, 0.05) is 14.1 Å². The molecule has 0 spiro atoms. The van der Waals surface area contributed by atoms with E-state index in [1.165, 1.54) is 20.2 Å². The number of carbonyl (C=O) groups is 3. The number of imide groups is 1. The molecule has 0 heterocycles. The van der Waals surface area contributed by atoms with Crippen molar-refractivity contribution in [2.24, 2.45) is 0 Å². The zero-order valence-corrected chi connectivity index (χ0v) is 10.2. The third-order valence-electron chi connectivity index (χ3n) is 2.26. The molecule has 0 fully saturated rings. The molecule has 1 N–H and O–H groups in total. The molecule has 5 heteroatoms. The van der Waals surface area contributed by atoms with Crippen molar-refractivity contribution >= 4 is 23.8 Å². The molecule has 0 aliphatic heterocycles. The van der Waals surface area contributed by atoms with Gasteiger partial charge < -0.3 is 5.32 Å². The van der Waals surface area contributed by atoms with Gasteiger partial charge in [-0.1, -0.05) is 36.4 Å². The number of rotatable bonds is 3. The highest BCUT2D eigenvalue weighted by molar-refractivity contribution is 6.43. The molecule has 0 radical (unpaired) electrons. The Labute approximate surface area is 105 Å². The van der Waals surface area contributed by atoms with Crippen LogP contribution in [0.3, 0.4) is 0 Å². The van der Waals surface area contributed by atoms with Gasteiger partial charge in [-0.2, -0.15) is 0 Å². The zero-order valence-electron chi connectivity index (χ0n) is 10.2. The maximum Gasteiger partial charge on any atom is 0.323 e. The summed E-state index contributed by atoms with van der Waals surface area (Å²) in [6.45, 7) is 0. The van der Waals surface area contributed by atoms with E-state index in [2.05, 4.69) is 5.32 Å². The van der Waals surface area contributed by atoms with Gasteiger partial charge in [-0.15, -0.1) is 0 Å². The van der Waals surface area contributed by atoms with Crippen LogP contribution in [0.2, 0.25) is 0 Å². The van der Waals surface area contributed by atoms with Crippen molar-refractivity contribution in [1.29, 1.82) is 0 Å². The second kappa shape index (κ2) is 6.34. The molecule has 0 bridgehead atoms. The number of nitrogens with zero attached hydrogens (tertiary/aromatic N) is 1. The topological polar surface area (TPSA) is 66.5 Å². The number of ketones is 1. The van der Waals surface area contributed by atoms with E-state index in [0.29, 0.717) is 0 Å². The molecule has 0 saturated heterocycles. The van der Waals surface area contributed by atoms with E-state index in [9.17, 15) is 14.4 Å². The quantitative estimate of drug-likeness (QED) is 0.640. The van der Waals surface area contributed by atoms with Crippen LogP contribution < -0.4 is 5.32 Å². The summed E-state index contributed by atoms with van der Waals surface area (Å²) in [5, 5.41) is 2.26. The Bertz CT molecular complexity index is 480. The van der Waals surface area contributed by atoms with Crippen molar-refractivity contribution in [1.82, 2.24) is 10.2 Å². The van der Waals surface area contributed by atoms with Crippen LogP contribution in [0, 0.1) is 0 Å². The third-order valence-corrected chi connectivity index (χ3v) is 2.26. The molecule has 0 aliphatic carbocycles. The Kier molecular flexibility index (Phi) is 4.80. The smallest absolute Gasteiger partial charge is 0.323 e. The molecule has 0 saturated carbocycles. The Balaban J connectivity index is 2.69. The van der Waals surface area contributed by atoms with E-state index in [4.69, 9.17) is 0 Å². The molecule has 0 unspecified atom stereocenters. The van der Waals surface area contributed by atoms with Gasteiger partial charge in [0.05, 0.1) is 0 Å². The number of likely N-dealkylation sites (N-methyl/N-ethyl adjacent to an activating group) is 1. The number of carbonyl (C=O) groups excluding carboxylic acids is 3. The van der Waals surface area contributed by atoms with Gasteiger partial charge in [0.25, 0.3) is 0 Å². The van der Waals surface area contributed by atoms with Crippen LogP contribution in [-0.4, -0.2) is 36.7 Å². The van der Waals surface area contributed by atoms with Gasteiger partial charge in [-0.05, 0) is 11.6 Å². The summed E-state index contributed by atoms with van der Waals surface area (Å²) in [6.07, 6.45) is 2.68. The molecular formula is C13H14N2O3. The first kappa shape index (κ1) is 13.6. The molecular weight excluding hydrogens is 232 g/mol. The van der Waals surface area contributed by atoms with Crippen LogP contribution >= 0.6 is 0 Å². The van der Waals surface area contributed by atoms with E-state index >= 15 is 0 Å². The van der Waals surface area contributed by atoms with E-state index in [0.717, 1.165) is 16.5 Å². The largest absolute Gasteiger partial charge is 0.341 e. The molecule has 3 amide bonds. The van der Waals surface area contributed by atoms with Crippen molar-refractivity contribution in [2.45, 2.75) is 0 Å². The highest BCUT2D eigenvalue weighted by atomic mass is 16.2. The van der Waals surface area contributed by atoms with E-state index in [-0.39, 0.29) is 0 Å². The lowest BCUT2D eigenvalue weighted by molar-refractivity contribution is -0.139. The first-order valence-electron chi connectivity index (χ1n) is 5.33. The van der Waals surface area contributed by atoms with Gasteiger partial charge >= 0.3 is 11.9 Å². The molecule has 18 heavy (non-hydrogen) atoms. The summed E-state index contributed by atoms with van der Waals surface area (Å²) in [5.74, 6) is -1.62. The molecule has 1 rings (SSSR count). The summed E-state index contributed by atoms with van der Waals surface area (Å²) in [5.41, 5.74) is 0.807. The van der Waals surface area contributed by atoms with Gasteiger partial charge in [0.1, 0.15) is 0 Å². The molecule has 0 aliphatic rings. The predicted octanol–water partition coefficient (Wildman–Crippen LogP) is 1.07. The average molecular weight is 246 g/mol. The van der Waals surface area contributed by atoms with Gasteiger partial charge in [0.15, 0.2) is 0 Å². The second-order valence-electron chi connectivity index (χ2n) is 3.53. The molecule has 1 aromatic rings. The molecule has 94 valence electrons. The fourth-order valence-electron chi connectivity index (χ4n) is 1.23. The van der Waals surface area contributed by atoms with Crippen molar-refractivity contribution in [3.8, 4) is 0 Å². The molecule has 0 atom stereocenters. The zero-order chi connectivity index (χ0) is 13.5. The minimum atomic E-state index is -0.874. The number of amides is 3. The van der Waals surface area contributed by atoms with E-state index in [1.807, 2.05) is 18.2 Å². The van der Waals surface area contributed by atoms with E-state index < -0.39 is 17.7 Å². The van der Waals surface area contributed by atoms with Gasteiger partial charge in [-0.25, -0.2) is 4.79 Å². The van der Waals surface area contributed by atoms with Crippen LogP contribution in [0.15, 0.2) is 36.4 Å². The highest BCUT2D eigenvalue weighted by Gasteiger charge is 2.20. The van der Waals surface area contributed by atoms with Crippen LogP contribution in [0.5, 0.6) is 0 Å². The summed E-state index contributed by atoms with van der Waals surface area (Å²) >= 11 is 0. The highest BCUT2D eigenvalue weighted by Crippen LogP contribution is 2.01. The SMILES string of the molecule is CNC(=O)N(C)C(=O)C(=O)/C=C/c1ccccc1. The maximum atomic E-state index is 11.5. The Morgan fingerprint density at radius 2 is 1.78 bits per heavy atom. The first-order valence-corrected chi connectivity index (χ1v) is 5.33. The number of hydrogen-bond acceptors (Lipinski definition) is 3. The second-order valence-corrected chi connectivity index (χ2v) is 3.53. The lowest BCUT2D eigenvalue weighted by atomic mass is 10.2. The molecule has 1 aromatic carbocycles. The fourth-order valence-corrected chi connectivity index (χ4v) is 1.23. The van der Waals surface area contributed by atoms with Crippen LogP contribution in [-0.2, 0) is 9.59 Å². The fraction of sp³-hybridized carbons (Fsp3) is 0.154. The van der Waals surface area contributed by atoms with Crippen molar-refractivity contribution in [3.05, 3.63) is 42.0 Å². The monoisotopic (exact) mass is 246 g/mol. The lowest BCUT2D eigenvalue weighted by Crippen LogP contribution is -2.42. The lowest BCUT2D eigenvalue weighted by Gasteiger charge is -2.11. The number of nitrogens with one attached hydrogen (secondary N) is 1. The minimum Gasteiger partial charge on any atom is -0.341 e. The van der Waals surface area contributed by atoms with Crippen LogP contribution in [0.1, 0.15) is 5.56 Å².